The highest BCUT2D eigenvalue weighted by Gasteiger charge is 2.20. The molecule has 16 heavy (non-hydrogen) atoms. The summed E-state index contributed by atoms with van der Waals surface area (Å²) in [4.78, 5) is 8.09. The molecular weight excluding hydrogens is 199 g/mol. The van der Waals surface area contributed by atoms with E-state index < -0.39 is 0 Å². The summed E-state index contributed by atoms with van der Waals surface area (Å²) >= 11 is 0. The number of rotatable bonds is 0. The summed E-state index contributed by atoms with van der Waals surface area (Å²) in [6.45, 7) is 0. The number of hydrogen-bond donors (Lipinski definition) is 1. The summed E-state index contributed by atoms with van der Waals surface area (Å²) in [5.74, 6) is 0.0924. The van der Waals surface area contributed by atoms with Crippen LogP contribution in [0.15, 0.2) is 24.5 Å². The third kappa shape index (κ3) is 1.30. The van der Waals surface area contributed by atoms with Crippen molar-refractivity contribution in [2.45, 2.75) is 12.8 Å². The quantitative estimate of drug-likeness (QED) is 0.632. The summed E-state index contributed by atoms with van der Waals surface area (Å²) in [5, 5.41) is 9.82. The number of hydrogen-bond acceptors (Lipinski definition) is 3. The number of aryl methyl sites for hydroxylation is 2. The summed E-state index contributed by atoms with van der Waals surface area (Å²) in [6.07, 6.45) is 3.29. The lowest BCUT2D eigenvalue weighted by Gasteiger charge is -2.19. The lowest BCUT2D eigenvalue weighted by Crippen LogP contribution is -2.11. The normalized spacial score (nSPS) is 13.0. The molecule has 1 aromatic carbocycles. The molecule has 0 aliphatic heterocycles. The zero-order chi connectivity index (χ0) is 11.1. The summed E-state index contributed by atoms with van der Waals surface area (Å²) in [7, 11) is 2.08. The molecule has 0 atom stereocenters. The average Bonchev–Trinajstić information content (AvgIpc) is 2.29. The van der Waals surface area contributed by atoms with Crippen molar-refractivity contribution in [3.05, 3.63) is 35.8 Å². The van der Waals surface area contributed by atoms with E-state index in [4.69, 9.17) is 0 Å². The second-order valence-electron chi connectivity index (χ2n) is 4.18. The Bertz CT molecular complexity index is 569. The lowest BCUT2D eigenvalue weighted by molar-refractivity contribution is 0.452. The minimum absolute atomic E-state index is 0.0924. The Hall–Kier alpha value is -1.84. The first-order chi connectivity index (χ1) is 7.75. The first kappa shape index (κ1) is 9.40. The van der Waals surface area contributed by atoms with E-state index in [-0.39, 0.29) is 5.88 Å². The third-order valence-electron chi connectivity index (χ3n) is 3.07. The fourth-order valence-electron chi connectivity index (χ4n) is 2.30. The van der Waals surface area contributed by atoms with E-state index in [9.17, 15) is 5.11 Å². The van der Waals surface area contributed by atoms with Gasteiger partial charge in [0.1, 0.15) is 14.2 Å². The van der Waals surface area contributed by atoms with E-state index in [1.54, 1.807) is 0 Å². The highest BCUT2D eigenvalue weighted by molar-refractivity contribution is 6.32. The first-order valence-corrected chi connectivity index (χ1v) is 5.38. The number of aromatic nitrogens is 2. The van der Waals surface area contributed by atoms with Gasteiger partial charge in [-0.05, 0) is 24.0 Å². The van der Waals surface area contributed by atoms with Gasteiger partial charge in [0.05, 0.1) is 11.3 Å². The van der Waals surface area contributed by atoms with Crippen molar-refractivity contribution in [2.24, 2.45) is 0 Å². The highest BCUT2D eigenvalue weighted by Crippen LogP contribution is 2.36. The molecule has 1 heterocycles. The van der Waals surface area contributed by atoms with E-state index in [1.807, 2.05) is 6.07 Å². The van der Waals surface area contributed by atoms with Crippen LogP contribution in [0.2, 0.25) is 0 Å². The van der Waals surface area contributed by atoms with Crippen LogP contribution in [0.3, 0.4) is 0 Å². The molecule has 1 aromatic heterocycles. The van der Waals surface area contributed by atoms with Crippen LogP contribution < -0.4 is 5.46 Å². The van der Waals surface area contributed by atoms with E-state index in [1.165, 1.54) is 17.4 Å². The van der Waals surface area contributed by atoms with Gasteiger partial charge in [0.25, 0.3) is 0 Å². The largest absolute Gasteiger partial charge is 0.493 e. The van der Waals surface area contributed by atoms with Crippen molar-refractivity contribution in [1.29, 1.82) is 0 Å². The molecule has 0 saturated heterocycles. The number of nitrogens with zero attached hydrogens (tertiary/aromatic N) is 2. The lowest BCUT2D eigenvalue weighted by atomic mass is 9.84. The Kier molecular flexibility index (Phi) is 1.96. The minimum Gasteiger partial charge on any atom is -0.493 e. The average molecular weight is 210 g/mol. The smallest absolute Gasteiger partial charge is 0.222 e. The van der Waals surface area contributed by atoms with Crippen LogP contribution in [0.1, 0.15) is 11.3 Å². The zero-order valence-corrected chi connectivity index (χ0v) is 9.07. The summed E-state index contributed by atoms with van der Waals surface area (Å²) in [6, 6.07) is 6.27. The molecule has 0 unspecified atom stereocenters. The van der Waals surface area contributed by atoms with Crippen molar-refractivity contribution in [3.63, 3.8) is 0 Å². The fraction of sp³-hybridized carbons (Fsp3) is 0.167. The van der Waals surface area contributed by atoms with Crippen LogP contribution in [0, 0.1) is 0 Å². The maximum atomic E-state index is 9.82. The van der Waals surface area contributed by atoms with E-state index in [0.717, 1.165) is 29.7 Å². The number of aromatic hydroxyl groups is 1. The molecule has 0 amide bonds. The molecule has 0 fully saturated rings. The Morgan fingerprint density at radius 3 is 2.94 bits per heavy atom. The van der Waals surface area contributed by atoms with Crippen LogP contribution in [0.25, 0.3) is 11.1 Å². The van der Waals surface area contributed by atoms with Crippen LogP contribution in [-0.2, 0) is 12.8 Å². The monoisotopic (exact) mass is 210 g/mol. The maximum absolute atomic E-state index is 9.82. The molecule has 4 heteroatoms. The maximum Gasteiger partial charge on any atom is 0.222 e. The summed E-state index contributed by atoms with van der Waals surface area (Å²) < 4.78 is 0. The molecule has 3 rings (SSSR count). The first-order valence-electron chi connectivity index (χ1n) is 5.38. The highest BCUT2D eigenvalue weighted by atomic mass is 16.3. The summed E-state index contributed by atoms with van der Waals surface area (Å²) in [5.41, 5.74) is 5.36. The van der Waals surface area contributed by atoms with Gasteiger partial charge in [0, 0.05) is 0 Å². The van der Waals surface area contributed by atoms with Gasteiger partial charge in [-0.3, -0.25) is 0 Å². The molecule has 3 nitrogen and oxygen atoms in total. The van der Waals surface area contributed by atoms with E-state index in [0.29, 0.717) is 0 Å². The van der Waals surface area contributed by atoms with Gasteiger partial charge in [0.2, 0.25) is 5.88 Å². The molecule has 0 bridgehead atoms. The Morgan fingerprint density at radius 2 is 2.06 bits per heavy atom. The molecule has 1 aliphatic rings. The Labute approximate surface area is 94.6 Å². The van der Waals surface area contributed by atoms with Crippen LogP contribution >= 0.6 is 0 Å². The second kappa shape index (κ2) is 3.34. The topological polar surface area (TPSA) is 46.0 Å². The van der Waals surface area contributed by atoms with Gasteiger partial charge >= 0.3 is 0 Å². The fourth-order valence-corrected chi connectivity index (χ4v) is 2.30. The van der Waals surface area contributed by atoms with Gasteiger partial charge in [-0.25, -0.2) is 9.97 Å². The second-order valence-corrected chi connectivity index (χ2v) is 4.18. The van der Waals surface area contributed by atoms with Crippen LogP contribution in [-0.4, -0.2) is 22.9 Å². The van der Waals surface area contributed by atoms with Crippen molar-refractivity contribution in [3.8, 4) is 17.0 Å². The molecule has 1 N–H and O–H groups in total. The standard InChI is InChI=1S/C12H11BN2O/c13-8-2-3-9-7(5-8)1-4-10-11(9)12(16)15-6-14-10/h2-3,5-6H,1,4,13H2,(H,14,15,16). The Morgan fingerprint density at radius 1 is 1.19 bits per heavy atom. The predicted molar refractivity (Wildman–Crippen MR) is 64.7 cm³/mol. The van der Waals surface area contributed by atoms with E-state index in [2.05, 4.69) is 29.9 Å². The van der Waals surface area contributed by atoms with Gasteiger partial charge in [0.15, 0.2) is 0 Å². The number of fused-ring (bicyclic) bond motifs is 3. The van der Waals surface area contributed by atoms with Gasteiger partial charge in [-0.1, -0.05) is 23.7 Å². The van der Waals surface area contributed by atoms with Crippen LogP contribution in [0.5, 0.6) is 5.88 Å². The van der Waals surface area contributed by atoms with Crippen LogP contribution in [0.4, 0.5) is 0 Å². The predicted octanol–water partition coefficient (Wildman–Crippen LogP) is 0.206. The third-order valence-corrected chi connectivity index (χ3v) is 3.07. The van der Waals surface area contributed by atoms with Gasteiger partial charge in [-0.2, -0.15) is 0 Å². The molecule has 1 aliphatic carbocycles. The van der Waals surface area contributed by atoms with Crippen molar-refractivity contribution in [1.82, 2.24) is 9.97 Å². The van der Waals surface area contributed by atoms with Crippen molar-refractivity contribution in [2.75, 3.05) is 0 Å². The number of benzene rings is 1. The SMILES string of the molecule is Bc1ccc2c(c1)CCc1ncnc(O)c1-2. The van der Waals surface area contributed by atoms with Gasteiger partial charge in [-0.15, -0.1) is 0 Å². The molecule has 0 saturated carbocycles. The molecule has 2 aromatic rings. The molecule has 0 spiro atoms. The van der Waals surface area contributed by atoms with Gasteiger partial charge < -0.3 is 5.11 Å². The Balaban J connectivity index is 2.30. The van der Waals surface area contributed by atoms with Crippen molar-refractivity contribution < 1.29 is 5.11 Å². The minimum atomic E-state index is 0.0924. The van der Waals surface area contributed by atoms with E-state index >= 15 is 0 Å². The van der Waals surface area contributed by atoms with Crippen molar-refractivity contribution >= 4 is 13.3 Å². The molecule has 0 radical (unpaired) electrons. The molecular formula is C12H11BN2O. The molecule has 78 valence electrons. The zero-order valence-electron chi connectivity index (χ0n) is 9.07.